The SMILES string of the molecule is C=CC(=O)N1CC[C@H](C(=O)N(C)[C@H](C(=O)N[C@H]2CN3CCC=C(C3)c3ccc4c(c3)c3c(n4CC)-c4cccnc4[C@@H](OC)C3C(C)(C)COC(=O)[C@@H]3CCCN(N3)C2=O)C(C)C)C1. The Balaban J connectivity index is 1.16. The first-order chi connectivity index (χ1) is 30.7. The summed E-state index contributed by atoms with van der Waals surface area (Å²) >= 11 is 0. The van der Waals surface area contributed by atoms with Crippen molar-refractivity contribution in [3.05, 3.63) is 72.1 Å². The van der Waals surface area contributed by atoms with Gasteiger partial charge in [0.2, 0.25) is 17.7 Å². The third-order valence-corrected chi connectivity index (χ3v) is 14.2. The van der Waals surface area contributed by atoms with Crippen molar-refractivity contribution in [3.63, 3.8) is 0 Å². The summed E-state index contributed by atoms with van der Waals surface area (Å²) in [6.07, 6.45) is 7.17. The monoisotopic (exact) mass is 876 g/mol. The number of pyridine rings is 1. The minimum atomic E-state index is -1.00. The van der Waals surface area contributed by atoms with E-state index in [0.717, 1.165) is 57.5 Å². The van der Waals surface area contributed by atoms with E-state index in [1.807, 2.05) is 26.1 Å². The third kappa shape index (κ3) is 8.26. The summed E-state index contributed by atoms with van der Waals surface area (Å²) in [5.74, 6) is -2.70. The molecular weight excluding hydrogens is 813 g/mol. The quantitative estimate of drug-likeness (QED) is 0.241. The van der Waals surface area contributed by atoms with Crippen molar-refractivity contribution in [1.29, 1.82) is 0 Å². The van der Waals surface area contributed by atoms with Gasteiger partial charge in [-0.15, -0.1) is 0 Å². The van der Waals surface area contributed by atoms with E-state index in [1.54, 1.807) is 19.1 Å². The Morgan fingerprint density at radius 2 is 1.92 bits per heavy atom. The Bertz CT molecular complexity index is 2370. The van der Waals surface area contributed by atoms with Crippen LogP contribution in [0.2, 0.25) is 0 Å². The first kappa shape index (κ1) is 45.2. The number of ether oxygens (including phenoxy) is 2. The molecule has 15 heteroatoms. The molecule has 0 saturated carbocycles. The van der Waals surface area contributed by atoms with E-state index < -0.39 is 47.4 Å². The topological polar surface area (TPSA) is 159 Å². The molecule has 2 unspecified atom stereocenters. The number of likely N-dealkylation sites (tertiary alicyclic amines) is 1. The lowest BCUT2D eigenvalue weighted by atomic mass is 9.67. The first-order valence-electron chi connectivity index (χ1n) is 23.0. The summed E-state index contributed by atoms with van der Waals surface area (Å²) in [5, 5.41) is 5.66. The van der Waals surface area contributed by atoms with Crippen molar-refractivity contribution in [2.24, 2.45) is 17.3 Å². The Labute approximate surface area is 376 Å². The van der Waals surface area contributed by atoms with E-state index in [2.05, 4.69) is 77.9 Å². The van der Waals surface area contributed by atoms with Crippen LogP contribution < -0.4 is 10.7 Å². The molecule has 7 atom stereocenters. The number of carbonyl (C=O) groups excluding carboxylic acids is 5. The van der Waals surface area contributed by atoms with Crippen LogP contribution in [0.15, 0.2) is 55.3 Å². The van der Waals surface area contributed by atoms with Gasteiger partial charge >= 0.3 is 5.97 Å². The zero-order valence-electron chi connectivity index (χ0n) is 38.4. The summed E-state index contributed by atoms with van der Waals surface area (Å²) in [6, 6.07) is 8.07. The van der Waals surface area contributed by atoms with Crippen LogP contribution in [0.3, 0.4) is 0 Å². The molecule has 2 N–H and O–H groups in total. The minimum absolute atomic E-state index is 0.0909. The van der Waals surface area contributed by atoms with Gasteiger partial charge in [-0.05, 0) is 85.6 Å². The van der Waals surface area contributed by atoms with Crippen molar-refractivity contribution in [3.8, 4) is 11.3 Å². The Kier molecular flexibility index (Phi) is 12.9. The average Bonchev–Trinajstić information content (AvgIpc) is 3.92. The number of hydrazine groups is 1. The van der Waals surface area contributed by atoms with Gasteiger partial charge in [-0.3, -0.25) is 38.9 Å². The van der Waals surface area contributed by atoms with Crippen molar-refractivity contribution >= 4 is 46.1 Å². The average molecular weight is 877 g/mol. The van der Waals surface area contributed by atoms with Gasteiger partial charge in [0.05, 0.1) is 23.9 Å². The number of aryl methyl sites for hydroxylation is 1. The number of amides is 4. The smallest absolute Gasteiger partial charge is 0.324 e. The summed E-state index contributed by atoms with van der Waals surface area (Å²) in [7, 11) is 3.35. The van der Waals surface area contributed by atoms with Crippen LogP contribution in [0.5, 0.6) is 0 Å². The second kappa shape index (κ2) is 18.2. The van der Waals surface area contributed by atoms with Gasteiger partial charge < -0.3 is 29.2 Å². The molecule has 64 heavy (non-hydrogen) atoms. The van der Waals surface area contributed by atoms with E-state index in [1.165, 1.54) is 16.0 Å². The number of nitrogens with zero attached hydrogens (tertiary/aromatic N) is 6. The molecule has 0 radical (unpaired) electrons. The molecule has 2 fully saturated rings. The Hall–Kier alpha value is -5.38. The highest BCUT2D eigenvalue weighted by Gasteiger charge is 2.48. The highest BCUT2D eigenvalue weighted by Crippen LogP contribution is 2.57. The van der Waals surface area contributed by atoms with Crippen molar-refractivity contribution in [2.45, 2.75) is 97.0 Å². The highest BCUT2D eigenvalue weighted by molar-refractivity contribution is 5.97. The van der Waals surface area contributed by atoms with E-state index in [0.29, 0.717) is 45.4 Å². The van der Waals surface area contributed by atoms with E-state index in [-0.39, 0.29) is 49.3 Å². The number of hydrogen-bond acceptors (Lipinski definition) is 10. The molecule has 1 aliphatic carbocycles. The molecule has 4 aliphatic heterocycles. The molecule has 3 aromatic rings. The van der Waals surface area contributed by atoms with E-state index in [4.69, 9.17) is 14.5 Å². The fraction of sp³-hybridized carbons (Fsp3) is 0.551. The van der Waals surface area contributed by atoms with Crippen molar-refractivity contribution < 1.29 is 33.4 Å². The molecule has 5 aliphatic rings. The van der Waals surface area contributed by atoms with Crippen LogP contribution >= 0.6 is 0 Å². The molecule has 342 valence electrons. The summed E-state index contributed by atoms with van der Waals surface area (Å²) in [6.45, 7) is 17.0. The fourth-order valence-corrected chi connectivity index (χ4v) is 11.0. The molecular formula is C49H64N8O7. The number of rotatable bonds is 8. The first-order valence-corrected chi connectivity index (χ1v) is 23.0. The van der Waals surface area contributed by atoms with Crippen LogP contribution in [-0.2, 0) is 40.0 Å². The largest absolute Gasteiger partial charge is 0.464 e. The number of aromatic nitrogens is 2. The maximum atomic E-state index is 14.8. The summed E-state index contributed by atoms with van der Waals surface area (Å²) in [5.41, 5.74) is 9.99. The lowest BCUT2D eigenvalue weighted by Gasteiger charge is -2.42. The van der Waals surface area contributed by atoms with Crippen LogP contribution in [0.4, 0.5) is 0 Å². The normalized spacial score (nSPS) is 26.1. The maximum Gasteiger partial charge on any atom is 0.324 e. The molecule has 2 aromatic heterocycles. The van der Waals surface area contributed by atoms with Gasteiger partial charge in [-0.1, -0.05) is 46.4 Å². The van der Waals surface area contributed by atoms with Crippen LogP contribution in [0.25, 0.3) is 27.7 Å². The van der Waals surface area contributed by atoms with E-state index in [9.17, 15) is 24.0 Å². The number of methoxy groups -OCH3 is 1. The Morgan fingerprint density at radius 3 is 2.66 bits per heavy atom. The van der Waals surface area contributed by atoms with Gasteiger partial charge in [0.1, 0.15) is 24.2 Å². The van der Waals surface area contributed by atoms with E-state index >= 15 is 0 Å². The van der Waals surface area contributed by atoms with Crippen LogP contribution in [0.1, 0.15) is 89.1 Å². The lowest BCUT2D eigenvalue weighted by Crippen LogP contribution is -2.63. The number of esters is 1. The Morgan fingerprint density at radius 1 is 1.12 bits per heavy atom. The number of benzene rings is 1. The highest BCUT2D eigenvalue weighted by atomic mass is 16.5. The van der Waals surface area contributed by atoms with Gasteiger partial charge in [0, 0.05) is 94.0 Å². The van der Waals surface area contributed by atoms with Gasteiger partial charge in [0.15, 0.2) is 0 Å². The predicted molar refractivity (Wildman–Crippen MR) is 243 cm³/mol. The molecule has 0 spiro atoms. The van der Waals surface area contributed by atoms with Gasteiger partial charge in [-0.25, -0.2) is 5.43 Å². The summed E-state index contributed by atoms with van der Waals surface area (Å²) in [4.78, 5) is 79.7. The van der Waals surface area contributed by atoms with Crippen molar-refractivity contribution in [2.75, 3.05) is 60.0 Å². The second-order valence-electron chi connectivity index (χ2n) is 19.1. The maximum absolute atomic E-state index is 14.8. The molecule has 1 aromatic carbocycles. The number of carbonyl (C=O) groups is 5. The van der Waals surface area contributed by atoms with Crippen LogP contribution in [-0.4, -0.2) is 137 Å². The molecule has 15 nitrogen and oxygen atoms in total. The zero-order chi connectivity index (χ0) is 45.6. The number of nitrogens with one attached hydrogen (secondary N) is 2. The van der Waals surface area contributed by atoms with Crippen molar-refractivity contribution in [1.82, 2.24) is 40.0 Å². The molecule has 4 amide bonds. The molecule has 2 saturated heterocycles. The number of fused-ring (bicyclic) bond motifs is 8. The standard InChI is InChI=1S/C49H64N8O7/c1-9-38(58)55-23-19-32(26-55)46(60)53(7)42(29(3)4)45(59)51-36-27-54-21-12-14-31(25-54)30-17-18-37-34(24-30)39-40(44(63-8)41-33(15-11-20-50-41)43(39)56(37)10-2)49(5,6)28-64-48(62)35-16-13-22-57(52-35)47(36)61/h9,11,14-15,17-18,20,24,29,32,35-36,40,42,44,52H,1,10,12-13,16,19,21-23,25-28H2,2-8H3,(H,51,59)/t32-,35-,36-,40?,42-,44-/m0/s1. The number of hydrogen-bond donors (Lipinski definition) is 2. The lowest BCUT2D eigenvalue weighted by molar-refractivity contribution is -0.156. The van der Waals surface area contributed by atoms with Gasteiger partial charge in [-0.2, -0.15) is 0 Å². The fourth-order valence-electron chi connectivity index (χ4n) is 11.0. The number of cyclic esters (lactones) is 1. The molecule has 6 heterocycles. The zero-order valence-corrected chi connectivity index (χ0v) is 38.4. The molecule has 6 bridgehead atoms. The number of likely N-dealkylation sites (N-methyl/N-ethyl adjacent to an activating group) is 1. The molecule has 8 rings (SSSR count). The van der Waals surface area contributed by atoms with Crippen LogP contribution in [0, 0.1) is 17.3 Å². The predicted octanol–water partition coefficient (Wildman–Crippen LogP) is 4.68. The summed E-state index contributed by atoms with van der Waals surface area (Å²) < 4.78 is 15.0. The second-order valence-corrected chi connectivity index (χ2v) is 19.1. The third-order valence-electron chi connectivity index (χ3n) is 14.2. The van der Waals surface area contributed by atoms with Gasteiger partial charge in [0.25, 0.3) is 5.91 Å². The minimum Gasteiger partial charge on any atom is -0.464 e.